The van der Waals surface area contributed by atoms with E-state index in [0.717, 1.165) is 10.7 Å². The van der Waals surface area contributed by atoms with Crippen LogP contribution in [0.2, 0.25) is 0 Å². The zero-order valence-corrected chi connectivity index (χ0v) is 6.90. The van der Waals surface area contributed by atoms with Crippen LogP contribution in [0.25, 0.3) is 0 Å². The van der Waals surface area contributed by atoms with Crippen LogP contribution in [0.3, 0.4) is 0 Å². The molecule has 0 saturated carbocycles. The molecule has 0 amide bonds. The smallest absolute Gasteiger partial charge is 0.125 e. The van der Waals surface area contributed by atoms with E-state index in [2.05, 4.69) is 4.98 Å². The predicted octanol–water partition coefficient (Wildman–Crippen LogP) is 1.25. The molecule has 0 atom stereocenters. The molecule has 0 unspecified atom stereocenters. The van der Waals surface area contributed by atoms with E-state index < -0.39 is 0 Å². The molecular formula is C7H10N2S. The van der Waals surface area contributed by atoms with Gasteiger partial charge in [-0.1, -0.05) is 12.2 Å². The van der Waals surface area contributed by atoms with Gasteiger partial charge in [0.25, 0.3) is 0 Å². The second-order valence-corrected chi connectivity index (χ2v) is 2.67. The predicted molar refractivity (Wildman–Crippen MR) is 46.2 cm³/mol. The molecule has 3 heteroatoms. The van der Waals surface area contributed by atoms with Gasteiger partial charge in [-0.25, -0.2) is 0 Å². The van der Waals surface area contributed by atoms with Crippen molar-refractivity contribution < 1.29 is 0 Å². The van der Waals surface area contributed by atoms with Gasteiger partial charge in [-0.2, -0.15) is 0 Å². The van der Waals surface area contributed by atoms with Crippen molar-refractivity contribution in [2.24, 2.45) is 0 Å². The van der Waals surface area contributed by atoms with Gasteiger partial charge in [-0.15, -0.1) is 0 Å². The van der Waals surface area contributed by atoms with Crippen LogP contribution in [0.5, 0.6) is 0 Å². The first kappa shape index (κ1) is 7.28. The van der Waals surface area contributed by atoms with E-state index in [-0.39, 0.29) is 0 Å². The molecule has 1 rings (SSSR count). The molecule has 0 aromatic carbocycles. The van der Waals surface area contributed by atoms with E-state index in [4.69, 9.17) is 12.2 Å². The Bertz CT molecular complexity index is 214. The second-order valence-electron chi connectivity index (χ2n) is 2.28. The lowest BCUT2D eigenvalue weighted by Gasteiger charge is -2.11. The molecule has 0 aliphatic rings. The van der Waals surface area contributed by atoms with Gasteiger partial charge in [0.05, 0.1) is 5.69 Å². The Balaban J connectivity index is 2.78. The number of H-pyrrole nitrogens is 1. The molecule has 0 fully saturated rings. The lowest BCUT2D eigenvalue weighted by molar-refractivity contribution is 0.635. The van der Waals surface area contributed by atoms with Gasteiger partial charge in [-0.05, 0) is 12.1 Å². The first-order valence-electron chi connectivity index (χ1n) is 3.07. The maximum Gasteiger partial charge on any atom is 0.125 e. The fraction of sp³-hybridized carbons (Fsp3) is 0.286. The van der Waals surface area contributed by atoms with Crippen LogP contribution in [0.1, 0.15) is 5.69 Å². The molecule has 1 aromatic rings. The second kappa shape index (κ2) is 2.84. The maximum atomic E-state index is 5.09. The molecule has 0 saturated heterocycles. The minimum absolute atomic E-state index is 0.838. The Morgan fingerprint density at radius 2 is 2.30 bits per heavy atom. The third-order valence-corrected chi connectivity index (χ3v) is 1.82. The lowest BCUT2D eigenvalue weighted by atomic mass is 10.4. The Kier molecular flexibility index (Phi) is 2.06. The van der Waals surface area contributed by atoms with Gasteiger partial charge in [-0.3, -0.25) is 0 Å². The molecular weight excluding hydrogens is 144 g/mol. The van der Waals surface area contributed by atoms with Crippen LogP contribution in [0.4, 0.5) is 0 Å². The molecule has 0 bridgehead atoms. The zero-order valence-electron chi connectivity index (χ0n) is 6.09. The van der Waals surface area contributed by atoms with Crippen molar-refractivity contribution in [2.75, 3.05) is 14.1 Å². The van der Waals surface area contributed by atoms with Crippen molar-refractivity contribution in [2.45, 2.75) is 0 Å². The van der Waals surface area contributed by atoms with Crippen molar-refractivity contribution in [3.8, 4) is 0 Å². The van der Waals surface area contributed by atoms with Crippen molar-refractivity contribution in [3.63, 3.8) is 0 Å². The minimum Gasteiger partial charge on any atom is -0.367 e. The Labute approximate surface area is 65.9 Å². The minimum atomic E-state index is 0.838. The van der Waals surface area contributed by atoms with Crippen LogP contribution >= 0.6 is 12.2 Å². The summed E-state index contributed by atoms with van der Waals surface area (Å²) in [6.45, 7) is 0. The van der Waals surface area contributed by atoms with Crippen molar-refractivity contribution in [1.82, 2.24) is 9.88 Å². The van der Waals surface area contributed by atoms with Crippen molar-refractivity contribution >= 4 is 17.2 Å². The molecule has 0 aliphatic carbocycles. The first-order valence-corrected chi connectivity index (χ1v) is 3.47. The summed E-state index contributed by atoms with van der Waals surface area (Å²) in [7, 11) is 3.87. The van der Waals surface area contributed by atoms with E-state index in [0.29, 0.717) is 0 Å². The number of aromatic nitrogens is 1. The van der Waals surface area contributed by atoms with E-state index in [9.17, 15) is 0 Å². The standard InChI is InChI=1S/C7H10N2S/c1-9(2)7(10)6-4-3-5-8-6/h3-5,8H,1-2H3. The van der Waals surface area contributed by atoms with Gasteiger partial charge in [0, 0.05) is 20.3 Å². The Morgan fingerprint density at radius 1 is 1.60 bits per heavy atom. The summed E-state index contributed by atoms with van der Waals surface area (Å²) in [6.07, 6.45) is 1.87. The first-order chi connectivity index (χ1) is 4.72. The molecule has 0 aliphatic heterocycles. The molecule has 2 nitrogen and oxygen atoms in total. The van der Waals surface area contributed by atoms with Crippen LogP contribution in [0, 0.1) is 0 Å². The number of aromatic amines is 1. The van der Waals surface area contributed by atoms with E-state index in [1.807, 2.05) is 37.3 Å². The highest BCUT2D eigenvalue weighted by Crippen LogP contribution is 1.98. The van der Waals surface area contributed by atoms with Gasteiger partial charge < -0.3 is 9.88 Å². The average Bonchev–Trinajstić information content (AvgIpc) is 2.36. The summed E-state index contributed by atoms with van der Waals surface area (Å²) < 4.78 is 0. The number of nitrogens with zero attached hydrogens (tertiary/aromatic N) is 1. The molecule has 1 aromatic heterocycles. The van der Waals surface area contributed by atoms with Crippen molar-refractivity contribution in [3.05, 3.63) is 24.0 Å². The summed E-state index contributed by atoms with van der Waals surface area (Å²) in [6, 6.07) is 3.90. The summed E-state index contributed by atoms with van der Waals surface area (Å²) in [4.78, 5) is 5.78. The molecule has 0 radical (unpaired) electrons. The van der Waals surface area contributed by atoms with Crippen LogP contribution in [-0.4, -0.2) is 29.0 Å². The fourth-order valence-corrected chi connectivity index (χ4v) is 0.831. The van der Waals surface area contributed by atoms with Gasteiger partial charge >= 0.3 is 0 Å². The lowest BCUT2D eigenvalue weighted by Crippen LogP contribution is -2.20. The number of thiocarbonyl (C=S) groups is 1. The zero-order chi connectivity index (χ0) is 7.56. The largest absolute Gasteiger partial charge is 0.367 e. The molecule has 1 heterocycles. The molecule has 1 N–H and O–H groups in total. The van der Waals surface area contributed by atoms with E-state index in [1.165, 1.54) is 0 Å². The summed E-state index contributed by atoms with van der Waals surface area (Å²) in [5.74, 6) is 0. The summed E-state index contributed by atoms with van der Waals surface area (Å²) >= 11 is 5.09. The van der Waals surface area contributed by atoms with E-state index in [1.54, 1.807) is 0 Å². The summed E-state index contributed by atoms with van der Waals surface area (Å²) in [5, 5.41) is 0. The average molecular weight is 154 g/mol. The van der Waals surface area contributed by atoms with E-state index >= 15 is 0 Å². The van der Waals surface area contributed by atoms with Crippen LogP contribution in [-0.2, 0) is 0 Å². The number of hydrogen-bond donors (Lipinski definition) is 1. The van der Waals surface area contributed by atoms with Gasteiger partial charge in [0.15, 0.2) is 0 Å². The third-order valence-electron chi connectivity index (χ3n) is 1.23. The van der Waals surface area contributed by atoms with Gasteiger partial charge in [0.1, 0.15) is 4.99 Å². The highest BCUT2D eigenvalue weighted by atomic mass is 32.1. The van der Waals surface area contributed by atoms with Gasteiger partial charge in [0.2, 0.25) is 0 Å². The third kappa shape index (κ3) is 1.36. The van der Waals surface area contributed by atoms with Crippen LogP contribution < -0.4 is 0 Å². The Hall–Kier alpha value is -0.830. The quantitative estimate of drug-likeness (QED) is 0.614. The number of nitrogens with one attached hydrogen (secondary N) is 1. The highest BCUT2D eigenvalue weighted by molar-refractivity contribution is 7.80. The topological polar surface area (TPSA) is 19.0 Å². The Morgan fingerprint density at radius 3 is 2.70 bits per heavy atom. The van der Waals surface area contributed by atoms with Crippen LogP contribution in [0.15, 0.2) is 18.3 Å². The normalized spacial score (nSPS) is 9.40. The number of hydrogen-bond acceptors (Lipinski definition) is 1. The summed E-state index contributed by atoms with van der Waals surface area (Å²) in [5.41, 5.74) is 1.00. The number of rotatable bonds is 1. The molecule has 0 spiro atoms. The molecule has 10 heavy (non-hydrogen) atoms. The highest BCUT2D eigenvalue weighted by Gasteiger charge is 2.01. The molecule has 54 valence electrons. The van der Waals surface area contributed by atoms with Crippen molar-refractivity contribution in [1.29, 1.82) is 0 Å². The monoisotopic (exact) mass is 154 g/mol. The fourth-order valence-electron chi connectivity index (χ4n) is 0.704. The SMILES string of the molecule is CN(C)C(=S)c1ccc[nH]1. The maximum absolute atomic E-state index is 5.09.